The smallest absolute Gasteiger partial charge is 0.294 e. The van der Waals surface area contributed by atoms with E-state index in [1.807, 2.05) is 38.1 Å². The first-order valence-corrected chi connectivity index (χ1v) is 7.37. The number of fused-ring (bicyclic) bond motifs is 1. The minimum absolute atomic E-state index is 0.00283. The molecule has 2 aromatic heterocycles. The highest BCUT2D eigenvalue weighted by atomic mass is 16.5. The van der Waals surface area contributed by atoms with Crippen molar-refractivity contribution in [1.29, 1.82) is 0 Å². The molecule has 1 aromatic carbocycles. The average Bonchev–Trinajstić information content (AvgIpc) is 2.55. The maximum Gasteiger partial charge on any atom is 0.294 e. The van der Waals surface area contributed by atoms with Crippen molar-refractivity contribution in [3.05, 3.63) is 53.1 Å². The molecule has 0 bridgehead atoms. The summed E-state index contributed by atoms with van der Waals surface area (Å²) in [6.45, 7) is 3.92. The van der Waals surface area contributed by atoms with E-state index in [4.69, 9.17) is 4.74 Å². The summed E-state index contributed by atoms with van der Waals surface area (Å²) < 4.78 is 6.90. The molecule has 2 heterocycles. The van der Waals surface area contributed by atoms with Gasteiger partial charge in [-0.25, -0.2) is 4.98 Å². The van der Waals surface area contributed by atoms with E-state index in [1.165, 1.54) is 0 Å². The molecule has 0 aliphatic heterocycles. The van der Waals surface area contributed by atoms with E-state index in [2.05, 4.69) is 15.3 Å². The summed E-state index contributed by atoms with van der Waals surface area (Å²) in [7, 11) is 1.60. The van der Waals surface area contributed by atoms with Gasteiger partial charge < -0.3 is 10.1 Å². The fourth-order valence-corrected chi connectivity index (χ4v) is 2.48. The molecule has 0 aliphatic rings. The molecule has 0 saturated carbocycles. The molecule has 6 nitrogen and oxygen atoms in total. The largest absolute Gasteiger partial charge is 0.497 e. The normalized spacial score (nSPS) is 11.0. The van der Waals surface area contributed by atoms with Gasteiger partial charge in [0.05, 0.1) is 24.3 Å². The third-order valence-electron chi connectivity index (χ3n) is 3.54. The van der Waals surface area contributed by atoms with Crippen LogP contribution in [0.15, 0.2) is 47.5 Å². The van der Waals surface area contributed by atoms with Crippen LogP contribution in [0, 0.1) is 0 Å². The van der Waals surface area contributed by atoms with Crippen molar-refractivity contribution in [3.63, 3.8) is 0 Å². The molecule has 0 unspecified atom stereocenters. The lowest BCUT2D eigenvalue weighted by Gasteiger charge is -2.15. The Kier molecular flexibility index (Phi) is 3.97. The zero-order valence-electron chi connectivity index (χ0n) is 13.3. The van der Waals surface area contributed by atoms with Crippen LogP contribution in [0.5, 0.6) is 5.75 Å². The summed E-state index contributed by atoms with van der Waals surface area (Å²) in [6, 6.07) is 9.18. The third-order valence-corrected chi connectivity index (χ3v) is 3.54. The number of hydrogen-bond acceptors (Lipinski definition) is 5. The molecule has 0 atom stereocenters. The van der Waals surface area contributed by atoms with Crippen molar-refractivity contribution in [2.45, 2.75) is 19.9 Å². The molecule has 0 fully saturated rings. The molecule has 0 saturated heterocycles. The number of ether oxygens (including phenoxy) is 1. The van der Waals surface area contributed by atoms with Crippen molar-refractivity contribution >= 4 is 22.5 Å². The van der Waals surface area contributed by atoms with Crippen molar-refractivity contribution < 1.29 is 4.74 Å². The van der Waals surface area contributed by atoms with Crippen LogP contribution in [0.1, 0.15) is 19.9 Å². The summed E-state index contributed by atoms with van der Waals surface area (Å²) in [4.78, 5) is 21.3. The number of anilines is 2. The first-order chi connectivity index (χ1) is 11.1. The van der Waals surface area contributed by atoms with Crippen LogP contribution in [0.3, 0.4) is 0 Å². The molecule has 3 aromatic rings. The maximum absolute atomic E-state index is 12.8. The molecule has 118 valence electrons. The average molecular weight is 310 g/mol. The molecule has 1 N–H and O–H groups in total. The first-order valence-electron chi connectivity index (χ1n) is 7.37. The number of hydrogen-bond donors (Lipinski definition) is 1. The third kappa shape index (κ3) is 2.88. The number of aromatic nitrogens is 3. The highest BCUT2D eigenvalue weighted by Gasteiger charge is 2.13. The quantitative estimate of drug-likeness (QED) is 0.802. The molecule has 0 aliphatic carbocycles. The van der Waals surface area contributed by atoms with Gasteiger partial charge in [0, 0.05) is 24.0 Å². The Bertz CT molecular complexity index is 902. The number of pyridine rings is 1. The second kappa shape index (κ2) is 6.08. The van der Waals surface area contributed by atoms with Crippen LogP contribution in [-0.4, -0.2) is 21.6 Å². The van der Waals surface area contributed by atoms with E-state index >= 15 is 0 Å². The number of benzene rings is 1. The van der Waals surface area contributed by atoms with E-state index in [9.17, 15) is 4.79 Å². The Balaban J connectivity index is 2.14. The van der Waals surface area contributed by atoms with E-state index in [0.29, 0.717) is 5.75 Å². The number of nitrogens with zero attached hydrogens (tertiary/aromatic N) is 3. The van der Waals surface area contributed by atoms with E-state index in [1.54, 1.807) is 30.1 Å². The standard InChI is InChI=1S/C17H18N4O2/c1-11(2)21-15-10-18-8-7-14(15)20-16(17(21)22)19-12-5-4-6-13(9-12)23-3/h4-11H,1-3H3,(H,19,20). The van der Waals surface area contributed by atoms with Crippen LogP contribution < -0.4 is 15.6 Å². The van der Waals surface area contributed by atoms with Gasteiger partial charge in [0.25, 0.3) is 5.56 Å². The highest BCUT2D eigenvalue weighted by Crippen LogP contribution is 2.21. The van der Waals surface area contributed by atoms with Crippen LogP contribution >= 0.6 is 0 Å². The van der Waals surface area contributed by atoms with Crippen LogP contribution in [0.2, 0.25) is 0 Å². The first kappa shape index (κ1) is 15.0. The summed E-state index contributed by atoms with van der Waals surface area (Å²) >= 11 is 0. The Morgan fingerprint density at radius 2 is 2.09 bits per heavy atom. The molecule has 0 amide bonds. The zero-order valence-corrected chi connectivity index (χ0v) is 13.3. The van der Waals surface area contributed by atoms with Crippen LogP contribution in [0.4, 0.5) is 11.5 Å². The second-order valence-corrected chi connectivity index (χ2v) is 5.45. The molecule has 0 spiro atoms. The second-order valence-electron chi connectivity index (χ2n) is 5.45. The Labute approximate surface area is 133 Å². The SMILES string of the molecule is COc1cccc(Nc2nc3ccncc3n(C(C)C)c2=O)c1. The lowest BCUT2D eigenvalue weighted by molar-refractivity contribution is 0.415. The van der Waals surface area contributed by atoms with Crippen LogP contribution in [0.25, 0.3) is 11.0 Å². The van der Waals surface area contributed by atoms with Crippen molar-refractivity contribution in [3.8, 4) is 5.75 Å². The topological polar surface area (TPSA) is 69.0 Å². The molecule has 0 radical (unpaired) electrons. The van der Waals surface area contributed by atoms with Gasteiger partial charge in [0.15, 0.2) is 5.82 Å². The lowest BCUT2D eigenvalue weighted by Crippen LogP contribution is -2.26. The van der Waals surface area contributed by atoms with E-state index in [-0.39, 0.29) is 17.4 Å². The summed E-state index contributed by atoms with van der Waals surface area (Å²) in [6.07, 6.45) is 3.33. The summed E-state index contributed by atoms with van der Waals surface area (Å²) in [5.41, 5.74) is 2.02. The molecular formula is C17H18N4O2. The molecule has 6 heteroatoms. The predicted molar refractivity (Wildman–Crippen MR) is 90.5 cm³/mol. The maximum atomic E-state index is 12.8. The number of rotatable bonds is 4. The van der Waals surface area contributed by atoms with Gasteiger partial charge in [-0.1, -0.05) is 6.07 Å². The fraction of sp³-hybridized carbons (Fsp3) is 0.235. The van der Waals surface area contributed by atoms with E-state index in [0.717, 1.165) is 16.7 Å². The van der Waals surface area contributed by atoms with Gasteiger partial charge in [0.2, 0.25) is 0 Å². The fourth-order valence-electron chi connectivity index (χ4n) is 2.48. The van der Waals surface area contributed by atoms with Crippen molar-refractivity contribution in [2.75, 3.05) is 12.4 Å². The van der Waals surface area contributed by atoms with Gasteiger partial charge in [-0.3, -0.25) is 14.3 Å². The molecule has 23 heavy (non-hydrogen) atoms. The molecule has 3 rings (SSSR count). The Morgan fingerprint density at radius 1 is 1.26 bits per heavy atom. The summed E-state index contributed by atoms with van der Waals surface area (Å²) in [5, 5.41) is 3.09. The summed E-state index contributed by atoms with van der Waals surface area (Å²) in [5.74, 6) is 0.995. The monoisotopic (exact) mass is 310 g/mol. The predicted octanol–water partition coefficient (Wildman–Crippen LogP) is 3.12. The minimum Gasteiger partial charge on any atom is -0.497 e. The van der Waals surface area contributed by atoms with Gasteiger partial charge in [-0.05, 0) is 32.0 Å². The number of methoxy groups -OCH3 is 1. The Hall–Kier alpha value is -2.89. The van der Waals surface area contributed by atoms with Gasteiger partial charge in [-0.15, -0.1) is 0 Å². The molecular weight excluding hydrogens is 292 g/mol. The number of nitrogens with one attached hydrogen (secondary N) is 1. The van der Waals surface area contributed by atoms with Gasteiger partial charge in [-0.2, -0.15) is 0 Å². The minimum atomic E-state index is -0.177. The zero-order chi connectivity index (χ0) is 16.4. The Morgan fingerprint density at radius 3 is 2.83 bits per heavy atom. The van der Waals surface area contributed by atoms with E-state index < -0.39 is 0 Å². The van der Waals surface area contributed by atoms with Crippen LogP contribution in [-0.2, 0) is 0 Å². The van der Waals surface area contributed by atoms with Crippen molar-refractivity contribution in [2.24, 2.45) is 0 Å². The van der Waals surface area contributed by atoms with Crippen molar-refractivity contribution in [1.82, 2.24) is 14.5 Å². The van der Waals surface area contributed by atoms with Gasteiger partial charge in [0.1, 0.15) is 5.75 Å². The lowest BCUT2D eigenvalue weighted by atomic mass is 10.3. The highest BCUT2D eigenvalue weighted by molar-refractivity contribution is 5.76. The van der Waals surface area contributed by atoms with Gasteiger partial charge >= 0.3 is 0 Å².